The van der Waals surface area contributed by atoms with Gasteiger partial charge in [0.15, 0.2) is 0 Å². The van der Waals surface area contributed by atoms with Crippen LogP contribution in [0, 0.1) is 0 Å². The van der Waals surface area contributed by atoms with Crippen molar-refractivity contribution < 1.29 is 20.2 Å². The number of hydrogen-bond donors (Lipinski definition) is 6. The fourth-order valence-corrected chi connectivity index (χ4v) is 2.79. The number of rotatable bonds is 6. The lowest BCUT2D eigenvalue weighted by molar-refractivity contribution is -0.113. The number of hydrogen-bond acceptors (Lipinski definition) is 8. The summed E-state index contributed by atoms with van der Waals surface area (Å²) in [6.45, 7) is 1.07. The molecule has 0 radical (unpaired) electrons. The van der Waals surface area contributed by atoms with E-state index in [0.717, 1.165) is 5.06 Å². The van der Waals surface area contributed by atoms with Crippen molar-refractivity contribution in [3.63, 3.8) is 0 Å². The van der Waals surface area contributed by atoms with Crippen molar-refractivity contribution in [3.8, 4) is 0 Å². The SMILES string of the molecule is CN/C(=C\O)C(=O)Nc1cc(NC)c(N(C)O)cc1N1CC[C@@H](O)C1. The van der Waals surface area contributed by atoms with Gasteiger partial charge in [-0.05, 0) is 18.6 Å². The largest absolute Gasteiger partial charge is 0.513 e. The number of benzene rings is 1. The van der Waals surface area contributed by atoms with Gasteiger partial charge in [0, 0.05) is 34.2 Å². The van der Waals surface area contributed by atoms with E-state index < -0.39 is 12.0 Å². The number of amides is 1. The third kappa shape index (κ3) is 4.06. The Bertz CT molecular complexity index is 662. The average molecular weight is 351 g/mol. The summed E-state index contributed by atoms with van der Waals surface area (Å²) in [5.41, 5.74) is 2.34. The molecule has 0 unspecified atom stereocenters. The molecule has 1 aromatic carbocycles. The highest BCUT2D eigenvalue weighted by Crippen LogP contribution is 2.38. The Hall–Kier alpha value is -2.65. The minimum Gasteiger partial charge on any atom is -0.513 e. The first-order valence-electron chi connectivity index (χ1n) is 7.96. The van der Waals surface area contributed by atoms with Gasteiger partial charge in [0.2, 0.25) is 0 Å². The second-order valence-electron chi connectivity index (χ2n) is 5.80. The van der Waals surface area contributed by atoms with Crippen LogP contribution < -0.4 is 25.9 Å². The summed E-state index contributed by atoms with van der Waals surface area (Å²) < 4.78 is 0. The van der Waals surface area contributed by atoms with Crippen LogP contribution in [-0.2, 0) is 4.79 Å². The lowest BCUT2D eigenvalue weighted by Crippen LogP contribution is -2.27. The van der Waals surface area contributed by atoms with Gasteiger partial charge in [0.05, 0.1) is 28.9 Å². The maximum Gasteiger partial charge on any atom is 0.274 e. The molecule has 1 saturated heterocycles. The third-order valence-electron chi connectivity index (χ3n) is 4.13. The zero-order chi connectivity index (χ0) is 18.6. The zero-order valence-electron chi connectivity index (χ0n) is 14.6. The highest BCUT2D eigenvalue weighted by molar-refractivity contribution is 6.06. The van der Waals surface area contributed by atoms with Gasteiger partial charge < -0.3 is 31.1 Å². The van der Waals surface area contributed by atoms with Gasteiger partial charge in [-0.2, -0.15) is 0 Å². The van der Waals surface area contributed by atoms with E-state index in [1.54, 1.807) is 19.2 Å². The molecule has 1 aromatic rings. The second kappa shape index (κ2) is 7.95. The van der Waals surface area contributed by atoms with Crippen molar-refractivity contribution in [2.24, 2.45) is 0 Å². The molecule has 1 atom stereocenters. The van der Waals surface area contributed by atoms with Crippen LogP contribution in [0.2, 0.25) is 0 Å². The van der Waals surface area contributed by atoms with Gasteiger partial charge in [-0.25, -0.2) is 0 Å². The maximum absolute atomic E-state index is 12.3. The Morgan fingerprint density at radius 3 is 2.56 bits per heavy atom. The predicted molar refractivity (Wildman–Crippen MR) is 97.4 cm³/mol. The van der Waals surface area contributed by atoms with Crippen molar-refractivity contribution in [3.05, 3.63) is 24.1 Å². The lowest BCUT2D eigenvalue weighted by Gasteiger charge is -2.26. The molecule has 9 heteroatoms. The predicted octanol–water partition coefficient (Wildman–Crippen LogP) is 0.682. The van der Waals surface area contributed by atoms with Gasteiger partial charge in [0.1, 0.15) is 12.0 Å². The quantitative estimate of drug-likeness (QED) is 0.251. The van der Waals surface area contributed by atoms with Gasteiger partial charge in [-0.15, -0.1) is 0 Å². The molecule has 1 amide bonds. The molecule has 0 bridgehead atoms. The summed E-state index contributed by atoms with van der Waals surface area (Å²) in [5.74, 6) is -0.502. The monoisotopic (exact) mass is 351 g/mol. The summed E-state index contributed by atoms with van der Waals surface area (Å²) in [6, 6.07) is 3.44. The van der Waals surface area contributed by atoms with Gasteiger partial charge in [-0.1, -0.05) is 0 Å². The smallest absolute Gasteiger partial charge is 0.274 e. The molecule has 2 rings (SSSR count). The van der Waals surface area contributed by atoms with Crippen LogP contribution in [0.25, 0.3) is 0 Å². The first-order chi connectivity index (χ1) is 11.9. The summed E-state index contributed by atoms with van der Waals surface area (Å²) in [4.78, 5) is 14.2. The van der Waals surface area contributed by atoms with E-state index in [2.05, 4.69) is 16.0 Å². The zero-order valence-corrected chi connectivity index (χ0v) is 14.6. The van der Waals surface area contributed by atoms with E-state index >= 15 is 0 Å². The molecule has 138 valence electrons. The summed E-state index contributed by atoms with van der Waals surface area (Å²) in [5, 5.41) is 38.1. The van der Waals surface area contributed by atoms with Crippen LogP contribution in [-0.4, -0.2) is 61.7 Å². The Morgan fingerprint density at radius 1 is 1.36 bits per heavy atom. The van der Waals surface area contributed by atoms with Crippen LogP contribution >= 0.6 is 0 Å². The topological polar surface area (TPSA) is 120 Å². The Balaban J connectivity index is 2.46. The van der Waals surface area contributed by atoms with Crippen LogP contribution in [0.15, 0.2) is 24.1 Å². The van der Waals surface area contributed by atoms with E-state index in [1.807, 2.05) is 4.90 Å². The number of nitrogens with one attached hydrogen (secondary N) is 3. The van der Waals surface area contributed by atoms with Crippen molar-refractivity contribution in [2.75, 3.05) is 54.8 Å². The number of carbonyl (C=O) groups is 1. The average Bonchev–Trinajstić information content (AvgIpc) is 3.01. The summed E-state index contributed by atoms with van der Waals surface area (Å²) in [6.07, 6.45) is 0.890. The highest BCUT2D eigenvalue weighted by atomic mass is 16.5. The fraction of sp³-hybridized carbons (Fsp3) is 0.438. The summed E-state index contributed by atoms with van der Waals surface area (Å²) >= 11 is 0. The van der Waals surface area contributed by atoms with Crippen molar-refractivity contribution >= 4 is 28.7 Å². The molecule has 1 aliphatic rings. The van der Waals surface area contributed by atoms with Gasteiger partial charge >= 0.3 is 0 Å². The molecular weight excluding hydrogens is 326 g/mol. The van der Waals surface area contributed by atoms with E-state index in [0.29, 0.717) is 48.5 Å². The molecule has 1 heterocycles. The third-order valence-corrected chi connectivity index (χ3v) is 4.13. The second-order valence-corrected chi connectivity index (χ2v) is 5.80. The maximum atomic E-state index is 12.3. The van der Waals surface area contributed by atoms with Crippen molar-refractivity contribution in [1.82, 2.24) is 5.32 Å². The minimum absolute atomic E-state index is 0.0155. The number of β-amino-alcohol motifs (C(OH)–C–C–N with tert-alkyl or cyclic N) is 1. The van der Waals surface area contributed by atoms with Crippen LogP contribution in [0.4, 0.5) is 22.7 Å². The minimum atomic E-state index is -0.502. The van der Waals surface area contributed by atoms with Gasteiger partial charge in [0.25, 0.3) is 5.91 Å². The lowest BCUT2D eigenvalue weighted by atomic mass is 10.1. The first kappa shape index (κ1) is 18.7. The number of anilines is 4. The van der Waals surface area contributed by atoms with Crippen LogP contribution in [0.1, 0.15) is 6.42 Å². The molecule has 0 aromatic heterocycles. The molecule has 25 heavy (non-hydrogen) atoms. The number of carbonyl (C=O) groups excluding carboxylic acids is 1. The molecule has 1 fully saturated rings. The van der Waals surface area contributed by atoms with E-state index in [4.69, 9.17) is 5.11 Å². The molecule has 0 spiro atoms. The highest BCUT2D eigenvalue weighted by Gasteiger charge is 2.25. The molecule has 0 saturated carbocycles. The molecule has 6 N–H and O–H groups in total. The Labute approximate surface area is 146 Å². The number of aliphatic hydroxyl groups is 2. The van der Waals surface area contributed by atoms with E-state index in [1.165, 1.54) is 14.1 Å². The van der Waals surface area contributed by atoms with Crippen molar-refractivity contribution in [2.45, 2.75) is 12.5 Å². The fourth-order valence-electron chi connectivity index (χ4n) is 2.79. The molecular formula is C16H25N5O4. The first-order valence-corrected chi connectivity index (χ1v) is 7.96. The summed E-state index contributed by atoms with van der Waals surface area (Å²) in [7, 11) is 4.74. The number of likely N-dealkylation sites (N-methyl/N-ethyl adjacent to an activating group) is 1. The number of aliphatic hydroxyl groups excluding tert-OH is 2. The van der Waals surface area contributed by atoms with Crippen LogP contribution in [0.5, 0.6) is 0 Å². The van der Waals surface area contributed by atoms with E-state index in [9.17, 15) is 15.1 Å². The van der Waals surface area contributed by atoms with Gasteiger partial charge in [-0.3, -0.25) is 15.1 Å². The molecule has 9 nitrogen and oxygen atoms in total. The van der Waals surface area contributed by atoms with Crippen LogP contribution in [0.3, 0.4) is 0 Å². The normalized spacial score (nSPS) is 17.4. The molecule has 1 aliphatic heterocycles. The molecule has 0 aliphatic carbocycles. The Kier molecular flexibility index (Phi) is 5.94. The van der Waals surface area contributed by atoms with E-state index in [-0.39, 0.29) is 5.70 Å². The van der Waals surface area contributed by atoms with Crippen molar-refractivity contribution in [1.29, 1.82) is 0 Å². The number of hydroxylamine groups is 1. The number of nitrogens with zero attached hydrogens (tertiary/aromatic N) is 2. The standard InChI is InChI=1S/C16H25N5O4/c1-17-11-6-12(19-16(24)13(9-22)18-2)15(7-14(11)20(3)25)21-5-4-10(23)8-21/h6-7,9-10,17-18,22-23,25H,4-5,8H2,1-3H3,(H,19,24)/b13-9-/t10-/m1/s1. The Morgan fingerprint density at radius 2 is 2.08 bits per heavy atom.